The molecule has 0 aliphatic carbocycles. The van der Waals surface area contributed by atoms with E-state index in [1.54, 1.807) is 12.1 Å². The summed E-state index contributed by atoms with van der Waals surface area (Å²) in [4.78, 5) is 11.9. The lowest BCUT2D eigenvalue weighted by molar-refractivity contribution is 0.0609. The van der Waals surface area contributed by atoms with Gasteiger partial charge in [0.2, 0.25) is 0 Å². The number of benzene rings is 1. The molecular weight excluding hydrogens is 234 g/mol. The van der Waals surface area contributed by atoms with E-state index >= 15 is 0 Å². The van der Waals surface area contributed by atoms with E-state index in [-0.39, 0.29) is 19.1 Å². The van der Waals surface area contributed by atoms with Crippen molar-refractivity contribution in [2.24, 2.45) is 0 Å². The summed E-state index contributed by atoms with van der Waals surface area (Å²) in [6.45, 7) is 2.23. The van der Waals surface area contributed by atoms with Gasteiger partial charge in [0.05, 0.1) is 25.4 Å². The van der Waals surface area contributed by atoms with Crippen LogP contribution in [-0.4, -0.2) is 44.5 Å². The second kappa shape index (κ2) is 6.98. The summed E-state index contributed by atoms with van der Waals surface area (Å²) in [7, 11) is 3.01. The molecule has 1 aromatic rings. The van der Waals surface area contributed by atoms with Gasteiger partial charge in [0.15, 0.2) is 0 Å². The summed E-state index contributed by atoms with van der Waals surface area (Å²) in [5.41, 5.74) is 1.43. The fourth-order valence-electron chi connectivity index (χ4n) is 1.56. The molecule has 18 heavy (non-hydrogen) atoms. The first-order valence-electron chi connectivity index (χ1n) is 5.68. The molecular formula is C13H19NO4. The van der Waals surface area contributed by atoms with Crippen molar-refractivity contribution in [1.29, 1.82) is 0 Å². The SMILES string of the molecule is COCC(O)CNC(=O)c1cc(C)ccc1OC. The minimum atomic E-state index is -0.713. The van der Waals surface area contributed by atoms with Crippen molar-refractivity contribution < 1.29 is 19.4 Å². The fourth-order valence-corrected chi connectivity index (χ4v) is 1.56. The van der Waals surface area contributed by atoms with E-state index in [9.17, 15) is 9.90 Å². The van der Waals surface area contributed by atoms with Crippen LogP contribution in [0.25, 0.3) is 0 Å². The number of aliphatic hydroxyl groups excluding tert-OH is 1. The zero-order valence-corrected chi connectivity index (χ0v) is 10.9. The number of carbonyl (C=O) groups is 1. The lowest BCUT2D eigenvalue weighted by Crippen LogP contribution is -2.34. The molecule has 0 aliphatic rings. The molecule has 0 aliphatic heterocycles. The largest absolute Gasteiger partial charge is 0.496 e. The van der Waals surface area contributed by atoms with E-state index in [1.165, 1.54) is 14.2 Å². The Morgan fingerprint density at radius 1 is 1.44 bits per heavy atom. The van der Waals surface area contributed by atoms with Gasteiger partial charge in [0, 0.05) is 13.7 Å². The van der Waals surface area contributed by atoms with Gasteiger partial charge in [-0.25, -0.2) is 0 Å². The zero-order chi connectivity index (χ0) is 13.5. The minimum Gasteiger partial charge on any atom is -0.496 e. The minimum absolute atomic E-state index is 0.143. The Hall–Kier alpha value is -1.59. The highest BCUT2D eigenvalue weighted by Gasteiger charge is 2.13. The first-order chi connectivity index (χ1) is 8.58. The fraction of sp³-hybridized carbons (Fsp3) is 0.462. The van der Waals surface area contributed by atoms with E-state index in [0.29, 0.717) is 11.3 Å². The summed E-state index contributed by atoms with van der Waals surface area (Å²) < 4.78 is 9.91. The van der Waals surface area contributed by atoms with Crippen molar-refractivity contribution in [3.63, 3.8) is 0 Å². The van der Waals surface area contributed by atoms with Crippen LogP contribution in [0, 0.1) is 6.92 Å². The maximum Gasteiger partial charge on any atom is 0.255 e. The molecule has 0 aromatic heterocycles. The van der Waals surface area contributed by atoms with E-state index in [4.69, 9.17) is 9.47 Å². The summed E-state index contributed by atoms with van der Waals surface area (Å²) in [6, 6.07) is 5.36. The van der Waals surface area contributed by atoms with Crippen LogP contribution in [0.4, 0.5) is 0 Å². The van der Waals surface area contributed by atoms with Crippen LogP contribution < -0.4 is 10.1 Å². The summed E-state index contributed by atoms with van der Waals surface area (Å²) in [6.07, 6.45) is -0.713. The van der Waals surface area contributed by atoms with Gasteiger partial charge in [-0.3, -0.25) is 4.79 Å². The Morgan fingerprint density at radius 2 is 2.17 bits per heavy atom. The predicted octanol–water partition coefficient (Wildman–Crippen LogP) is 0.741. The van der Waals surface area contributed by atoms with Gasteiger partial charge >= 0.3 is 0 Å². The van der Waals surface area contributed by atoms with Crippen molar-refractivity contribution in [2.75, 3.05) is 27.4 Å². The lowest BCUT2D eigenvalue weighted by Gasteiger charge is -2.13. The van der Waals surface area contributed by atoms with Crippen LogP contribution in [0.15, 0.2) is 18.2 Å². The van der Waals surface area contributed by atoms with Crippen LogP contribution in [0.5, 0.6) is 5.75 Å². The summed E-state index contributed by atoms with van der Waals surface area (Å²) in [5.74, 6) is 0.241. The van der Waals surface area contributed by atoms with Crippen LogP contribution in [0.2, 0.25) is 0 Å². The first-order valence-corrected chi connectivity index (χ1v) is 5.68. The molecule has 1 atom stereocenters. The molecule has 1 rings (SSSR count). The molecule has 1 amide bonds. The quantitative estimate of drug-likeness (QED) is 0.784. The van der Waals surface area contributed by atoms with Crippen LogP contribution in [0.1, 0.15) is 15.9 Å². The van der Waals surface area contributed by atoms with Gasteiger partial charge < -0.3 is 19.9 Å². The van der Waals surface area contributed by atoms with Gasteiger partial charge in [-0.1, -0.05) is 11.6 Å². The molecule has 0 fully saturated rings. The number of amides is 1. The number of rotatable bonds is 6. The predicted molar refractivity (Wildman–Crippen MR) is 67.9 cm³/mol. The van der Waals surface area contributed by atoms with Gasteiger partial charge in [0.25, 0.3) is 5.91 Å². The van der Waals surface area contributed by atoms with Crippen molar-refractivity contribution in [3.05, 3.63) is 29.3 Å². The molecule has 1 unspecified atom stereocenters. The number of hydrogen-bond acceptors (Lipinski definition) is 4. The van der Waals surface area contributed by atoms with Gasteiger partial charge in [-0.2, -0.15) is 0 Å². The summed E-state index contributed by atoms with van der Waals surface area (Å²) >= 11 is 0. The number of carbonyl (C=O) groups excluding carboxylic acids is 1. The van der Waals surface area contributed by atoms with Gasteiger partial charge in [-0.15, -0.1) is 0 Å². The molecule has 0 saturated carbocycles. The van der Waals surface area contributed by atoms with Gasteiger partial charge in [-0.05, 0) is 19.1 Å². The van der Waals surface area contributed by atoms with Crippen LogP contribution in [0.3, 0.4) is 0 Å². The van der Waals surface area contributed by atoms with E-state index in [0.717, 1.165) is 5.56 Å². The zero-order valence-electron chi connectivity index (χ0n) is 10.9. The molecule has 0 spiro atoms. The molecule has 5 heteroatoms. The van der Waals surface area contributed by atoms with Crippen molar-refractivity contribution in [2.45, 2.75) is 13.0 Å². The second-order valence-electron chi connectivity index (χ2n) is 4.02. The third-order valence-electron chi connectivity index (χ3n) is 2.46. The molecule has 0 heterocycles. The lowest BCUT2D eigenvalue weighted by atomic mass is 10.1. The van der Waals surface area contributed by atoms with Crippen molar-refractivity contribution >= 4 is 5.91 Å². The molecule has 100 valence electrons. The van der Waals surface area contributed by atoms with Gasteiger partial charge in [0.1, 0.15) is 5.75 Å². The standard InChI is InChI=1S/C13H19NO4/c1-9-4-5-12(18-3)11(6-9)13(16)14-7-10(15)8-17-2/h4-6,10,15H,7-8H2,1-3H3,(H,14,16). The number of methoxy groups -OCH3 is 2. The number of hydrogen-bond donors (Lipinski definition) is 2. The highest BCUT2D eigenvalue weighted by molar-refractivity contribution is 5.97. The molecule has 0 bridgehead atoms. The number of ether oxygens (including phenoxy) is 2. The van der Waals surface area contributed by atoms with Crippen LogP contribution in [-0.2, 0) is 4.74 Å². The summed E-state index contributed by atoms with van der Waals surface area (Å²) in [5, 5.41) is 12.1. The Bertz CT molecular complexity index is 406. The number of aliphatic hydroxyl groups is 1. The highest BCUT2D eigenvalue weighted by atomic mass is 16.5. The monoisotopic (exact) mass is 253 g/mol. The second-order valence-corrected chi connectivity index (χ2v) is 4.02. The Balaban J connectivity index is 2.68. The van der Waals surface area contributed by atoms with E-state index in [1.807, 2.05) is 13.0 Å². The number of aryl methyl sites for hydroxylation is 1. The van der Waals surface area contributed by atoms with Crippen LogP contribution >= 0.6 is 0 Å². The maximum absolute atomic E-state index is 11.9. The molecule has 1 aromatic carbocycles. The molecule has 2 N–H and O–H groups in total. The Morgan fingerprint density at radius 3 is 2.78 bits per heavy atom. The smallest absolute Gasteiger partial charge is 0.255 e. The average molecular weight is 253 g/mol. The van der Waals surface area contributed by atoms with Crippen molar-refractivity contribution in [1.82, 2.24) is 5.32 Å². The maximum atomic E-state index is 11.9. The Labute approximate surface area is 107 Å². The topological polar surface area (TPSA) is 67.8 Å². The highest BCUT2D eigenvalue weighted by Crippen LogP contribution is 2.19. The first kappa shape index (κ1) is 14.5. The third-order valence-corrected chi connectivity index (χ3v) is 2.46. The molecule has 0 radical (unpaired) electrons. The number of nitrogens with one attached hydrogen (secondary N) is 1. The Kier molecular flexibility index (Phi) is 5.61. The molecule has 5 nitrogen and oxygen atoms in total. The third kappa shape index (κ3) is 4.01. The average Bonchev–Trinajstić information content (AvgIpc) is 2.36. The van der Waals surface area contributed by atoms with Crippen molar-refractivity contribution in [3.8, 4) is 5.75 Å². The van der Waals surface area contributed by atoms with E-state index in [2.05, 4.69) is 5.32 Å². The van der Waals surface area contributed by atoms with E-state index < -0.39 is 6.10 Å². The molecule has 0 saturated heterocycles. The normalized spacial score (nSPS) is 12.0.